The highest BCUT2D eigenvalue weighted by molar-refractivity contribution is 6.69. The molecule has 0 saturated heterocycles. The Bertz CT molecular complexity index is 186. The highest BCUT2D eigenvalue weighted by Crippen LogP contribution is 2.33. The quantitative estimate of drug-likeness (QED) is 0.578. The lowest BCUT2D eigenvalue weighted by Crippen LogP contribution is -2.49. The van der Waals surface area contributed by atoms with Crippen LogP contribution in [0.25, 0.3) is 0 Å². The maximum absolute atomic E-state index is 5.99. The third-order valence-corrected chi connectivity index (χ3v) is 7.63. The smallest absolute Gasteiger partial charge is 0.343 e. The van der Waals surface area contributed by atoms with Crippen molar-refractivity contribution in [3.05, 3.63) is 0 Å². The lowest BCUT2D eigenvalue weighted by molar-refractivity contribution is 0.0349. The van der Waals surface area contributed by atoms with Crippen molar-refractivity contribution in [3.63, 3.8) is 0 Å². The van der Waals surface area contributed by atoms with Gasteiger partial charge in [-0.05, 0) is 25.8 Å². The van der Waals surface area contributed by atoms with E-state index in [0.29, 0.717) is 5.54 Å². The predicted octanol–water partition coefficient (Wildman–Crippen LogP) is 2.90. The van der Waals surface area contributed by atoms with Crippen LogP contribution in [0.15, 0.2) is 0 Å². The molecule has 0 radical (unpaired) electrons. The molecule has 0 aromatic heterocycles. The molecule has 0 aliphatic rings. The number of hydrogen-bond donors (Lipinski definition) is 0. The van der Waals surface area contributed by atoms with Crippen molar-refractivity contribution < 1.29 is 19.1 Å². The Labute approximate surface area is 114 Å². The van der Waals surface area contributed by atoms with Crippen LogP contribution in [0.2, 0.25) is 11.6 Å². The van der Waals surface area contributed by atoms with Crippen molar-refractivity contribution in [2.45, 2.75) is 65.1 Å². The van der Waals surface area contributed by atoms with Crippen LogP contribution in [0.3, 0.4) is 0 Å². The highest BCUT2D eigenvalue weighted by Gasteiger charge is 2.44. The first kappa shape index (κ1) is 20.4. The second kappa shape index (κ2) is 10.9. The molecule has 0 amide bonds. The Morgan fingerprint density at radius 1 is 1.11 bits per heavy atom. The first-order valence-electron chi connectivity index (χ1n) is 6.92. The Morgan fingerprint density at radius 2 is 1.72 bits per heavy atom. The molecule has 0 saturated carbocycles. The lowest BCUT2D eigenvalue weighted by Gasteiger charge is -2.37. The lowest BCUT2D eigenvalue weighted by atomic mass is 10.2. The van der Waals surface area contributed by atoms with Crippen molar-refractivity contribution in [1.29, 1.82) is 0 Å². The highest BCUT2D eigenvalue weighted by atomic mass is 28.4. The van der Waals surface area contributed by atoms with E-state index >= 15 is 0 Å². The van der Waals surface area contributed by atoms with Crippen LogP contribution in [-0.4, -0.2) is 40.5 Å². The molecule has 3 unspecified atom stereocenters. The SMILES string of the molecule is CCCOC(CC)C(C)[Si](CC)(OC)OCC.O. The van der Waals surface area contributed by atoms with Crippen LogP contribution in [-0.2, 0) is 13.6 Å². The molecule has 0 aromatic carbocycles. The van der Waals surface area contributed by atoms with E-state index < -0.39 is 8.56 Å². The Balaban J connectivity index is 0. The molecule has 112 valence electrons. The average molecular weight is 280 g/mol. The van der Waals surface area contributed by atoms with E-state index in [0.717, 1.165) is 32.1 Å². The van der Waals surface area contributed by atoms with Crippen molar-refractivity contribution in [3.8, 4) is 0 Å². The third kappa shape index (κ3) is 5.36. The third-order valence-electron chi connectivity index (χ3n) is 3.42. The second-order valence-electron chi connectivity index (χ2n) is 4.41. The number of rotatable bonds is 10. The molecule has 0 aromatic rings. The zero-order valence-corrected chi connectivity index (χ0v) is 13.9. The molecular weight excluding hydrogens is 248 g/mol. The first-order chi connectivity index (χ1) is 8.11. The van der Waals surface area contributed by atoms with E-state index in [1.807, 2.05) is 6.92 Å². The molecule has 3 atom stereocenters. The summed E-state index contributed by atoms with van der Waals surface area (Å²) >= 11 is 0. The van der Waals surface area contributed by atoms with Crippen LogP contribution in [0.5, 0.6) is 0 Å². The maximum Gasteiger partial charge on any atom is 0.343 e. The van der Waals surface area contributed by atoms with Gasteiger partial charge in [0.1, 0.15) is 0 Å². The topological polar surface area (TPSA) is 59.2 Å². The van der Waals surface area contributed by atoms with Gasteiger partial charge in [0.25, 0.3) is 0 Å². The summed E-state index contributed by atoms with van der Waals surface area (Å²) in [7, 11) is -0.320. The fourth-order valence-corrected chi connectivity index (χ4v) is 5.63. The summed E-state index contributed by atoms with van der Waals surface area (Å²) in [5.74, 6) is 0. The largest absolute Gasteiger partial charge is 0.412 e. The van der Waals surface area contributed by atoms with E-state index in [1.165, 1.54) is 0 Å². The summed E-state index contributed by atoms with van der Waals surface area (Å²) in [5.41, 5.74) is 0.369. The van der Waals surface area contributed by atoms with Crippen LogP contribution in [0.4, 0.5) is 0 Å². The molecule has 0 bridgehead atoms. The van der Waals surface area contributed by atoms with E-state index in [9.17, 15) is 0 Å². The van der Waals surface area contributed by atoms with E-state index in [4.69, 9.17) is 13.6 Å². The monoisotopic (exact) mass is 280 g/mol. The van der Waals surface area contributed by atoms with Crippen molar-refractivity contribution in [2.24, 2.45) is 0 Å². The molecule has 18 heavy (non-hydrogen) atoms. The fraction of sp³-hybridized carbons (Fsp3) is 1.00. The van der Waals surface area contributed by atoms with Gasteiger partial charge >= 0.3 is 8.56 Å². The zero-order valence-electron chi connectivity index (χ0n) is 12.9. The van der Waals surface area contributed by atoms with Gasteiger partial charge in [0, 0.05) is 25.9 Å². The van der Waals surface area contributed by atoms with Gasteiger partial charge in [-0.1, -0.05) is 27.7 Å². The zero-order chi connectivity index (χ0) is 13.3. The molecular formula is C13H32O4Si. The van der Waals surface area contributed by atoms with Gasteiger partial charge < -0.3 is 19.1 Å². The van der Waals surface area contributed by atoms with Crippen molar-refractivity contribution in [1.82, 2.24) is 0 Å². The summed E-state index contributed by atoms with van der Waals surface area (Å²) in [5, 5.41) is 0. The maximum atomic E-state index is 5.99. The van der Waals surface area contributed by atoms with Crippen LogP contribution < -0.4 is 0 Å². The predicted molar refractivity (Wildman–Crippen MR) is 78.2 cm³/mol. The number of hydrogen-bond acceptors (Lipinski definition) is 3. The molecule has 0 spiro atoms. The van der Waals surface area contributed by atoms with Crippen LogP contribution in [0, 0.1) is 0 Å². The average Bonchev–Trinajstić information content (AvgIpc) is 2.36. The first-order valence-corrected chi connectivity index (χ1v) is 9.02. The van der Waals surface area contributed by atoms with E-state index in [1.54, 1.807) is 7.11 Å². The summed E-state index contributed by atoms with van der Waals surface area (Å²) in [6, 6.07) is 0.977. The van der Waals surface area contributed by atoms with Gasteiger partial charge in [-0.25, -0.2) is 0 Å². The van der Waals surface area contributed by atoms with Gasteiger partial charge in [-0.3, -0.25) is 0 Å². The molecule has 0 aliphatic carbocycles. The molecule has 0 fully saturated rings. The van der Waals surface area contributed by atoms with Gasteiger partial charge in [0.15, 0.2) is 0 Å². The minimum absolute atomic E-state index is 0. The second-order valence-corrected chi connectivity index (χ2v) is 8.35. The summed E-state index contributed by atoms with van der Waals surface area (Å²) in [6.45, 7) is 12.3. The van der Waals surface area contributed by atoms with Gasteiger partial charge in [-0.2, -0.15) is 0 Å². The molecule has 0 rings (SSSR count). The van der Waals surface area contributed by atoms with Gasteiger partial charge in [-0.15, -0.1) is 0 Å². The van der Waals surface area contributed by atoms with Crippen LogP contribution in [0.1, 0.15) is 47.5 Å². The van der Waals surface area contributed by atoms with Crippen molar-refractivity contribution in [2.75, 3.05) is 20.3 Å². The Hall–Kier alpha value is 0.0569. The normalized spacial score (nSPS) is 17.7. The molecule has 2 N–H and O–H groups in total. The summed E-state index contributed by atoms with van der Waals surface area (Å²) in [6.07, 6.45) is 2.34. The minimum Gasteiger partial charge on any atom is -0.412 e. The van der Waals surface area contributed by atoms with E-state index in [-0.39, 0.29) is 11.6 Å². The standard InChI is InChI=1S/C13H30O3Si.H2O/c1-7-11-15-13(8-2)12(5)17(10-4,14-6)16-9-3;/h12-13H,7-11H2,1-6H3;1H2. The molecule has 0 aliphatic heterocycles. The summed E-state index contributed by atoms with van der Waals surface area (Å²) < 4.78 is 17.7. The summed E-state index contributed by atoms with van der Waals surface area (Å²) in [4.78, 5) is 0. The van der Waals surface area contributed by atoms with Crippen molar-refractivity contribution >= 4 is 8.56 Å². The Morgan fingerprint density at radius 3 is 2.06 bits per heavy atom. The van der Waals surface area contributed by atoms with Gasteiger partial charge in [0.05, 0.1) is 6.10 Å². The Kier molecular flexibility index (Phi) is 12.4. The molecule has 5 heteroatoms. The van der Waals surface area contributed by atoms with Gasteiger partial charge in [0.2, 0.25) is 0 Å². The minimum atomic E-state index is -2.11. The molecule has 0 heterocycles. The fourth-order valence-electron chi connectivity index (χ4n) is 2.36. The molecule has 4 nitrogen and oxygen atoms in total. The van der Waals surface area contributed by atoms with Crippen LogP contribution >= 0.6 is 0 Å². The number of ether oxygens (including phenoxy) is 1. The van der Waals surface area contributed by atoms with E-state index in [2.05, 4.69) is 27.7 Å².